The summed E-state index contributed by atoms with van der Waals surface area (Å²) in [5.41, 5.74) is 1.53. The van der Waals surface area contributed by atoms with Crippen LogP contribution in [-0.2, 0) is 19.0 Å². The number of benzene rings is 4. The molecule has 0 unspecified atom stereocenters. The molecule has 196 valence electrons. The minimum Gasteiger partial charge on any atom is -0.457 e. The van der Waals surface area contributed by atoms with Gasteiger partial charge in [0, 0.05) is 6.92 Å². The minimum absolute atomic E-state index is 0.115. The van der Waals surface area contributed by atoms with Crippen molar-refractivity contribution >= 4 is 17.9 Å². The molecule has 4 aromatic rings. The van der Waals surface area contributed by atoms with Crippen molar-refractivity contribution in [1.29, 1.82) is 0 Å². The van der Waals surface area contributed by atoms with Gasteiger partial charge < -0.3 is 23.7 Å². The summed E-state index contributed by atoms with van der Waals surface area (Å²) in [5, 5.41) is 0. The molecule has 0 bridgehead atoms. The SMILES string of the molecule is CCOC1(C)OC(=Cc2ccc(Oc3ccccc3)cc2)C(=O)C(=Cc2ccc(Oc3ccccc3)cc2)O1. The Morgan fingerprint density at radius 3 is 1.38 bits per heavy atom. The summed E-state index contributed by atoms with van der Waals surface area (Å²) >= 11 is 0. The zero-order valence-electron chi connectivity index (χ0n) is 21.7. The molecule has 0 spiro atoms. The van der Waals surface area contributed by atoms with Crippen LogP contribution in [0.15, 0.2) is 121 Å². The predicted octanol–water partition coefficient (Wildman–Crippen LogP) is 7.98. The van der Waals surface area contributed by atoms with Gasteiger partial charge in [0.1, 0.15) is 23.0 Å². The third kappa shape index (κ3) is 6.74. The van der Waals surface area contributed by atoms with Gasteiger partial charge in [0.25, 0.3) is 5.78 Å². The van der Waals surface area contributed by atoms with Gasteiger partial charge in [-0.25, -0.2) is 0 Å². The normalized spacial score (nSPS) is 18.9. The van der Waals surface area contributed by atoms with Gasteiger partial charge in [0.2, 0.25) is 0 Å². The first-order valence-electron chi connectivity index (χ1n) is 12.7. The van der Waals surface area contributed by atoms with E-state index in [4.69, 9.17) is 23.7 Å². The van der Waals surface area contributed by atoms with Gasteiger partial charge in [-0.05, 0) is 78.7 Å². The maximum Gasteiger partial charge on any atom is 0.368 e. The Kier molecular flexibility index (Phi) is 7.75. The lowest BCUT2D eigenvalue weighted by atomic mass is 10.1. The molecule has 39 heavy (non-hydrogen) atoms. The standard InChI is InChI=1S/C33H28O6/c1-3-35-33(2)38-30(22-24-14-18-28(19-15-24)36-26-10-6-4-7-11-26)32(34)31(39-33)23-25-16-20-29(21-17-25)37-27-12-8-5-9-13-27/h4-23H,3H2,1-2H3. The number of ether oxygens (including phenoxy) is 5. The zero-order valence-corrected chi connectivity index (χ0v) is 21.7. The van der Waals surface area contributed by atoms with Crippen molar-refractivity contribution in [3.8, 4) is 23.0 Å². The lowest BCUT2D eigenvalue weighted by Gasteiger charge is -2.35. The number of carbonyl (C=O) groups excluding carboxylic acids is 1. The van der Waals surface area contributed by atoms with Gasteiger partial charge in [0.15, 0.2) is 11.5 Å². The van der Waals surface area contributed by atoms with Crippen molar-refractivity contribution < 1.29 is 28.5 Å². The van der Waals surface area contributed by atoms with E-state index in [0.717, 1.165) is 22.6 Å². The predicted molar refractivity (Wildman–Crippen MR) is 149 cm³/mol. The van der Waals surface area contributed by atoms with Gasteiger partial charge >= 0.3 is 5.97 Å². The van der Waals surface area contributed by atoms with Gasteiger partial charge in [-0.1, -0.05) is 60.7 Å². The lowest BCUT2D eigenvalue weighted by molar-refractivity contribution is -0.343. The van der Waals surface area contributed by atoms with Crippen LogP contribution in [0.1, 0.15) is 25.0 Å². The highest BCUT2D eigenvalue weighted by Crippen LogP contribution is 2.33. The van der Waals surface area contributed by atoms with Crippen LogP contribution in [0.4, 0.5) is 0 Å². The summed E-state index contributed by atoms with van der Waals surface area (Å²) in [6.45, 7) is 3.80. The van der Waals surface area contributed by atoms with Crippen LogP contribution in [0.5, 0.6) is 23.0 Å². The van der Waals surface area contributed by atoms with Crippen molar-refractivity contribution in [3.05, 3.63) is 132 Å². The average Bonchev–Trinajstić information content (AvgIpc) is 2.95. The molecule has 0 amide bonds. The first-order valence-corrected chi connectivity index (χ1v) is 12.7. The Labute approximate surface area is 227 Å². The Morgan fingerprint density at radius 2 is 1.00 bits per heavy atom. The van der Waals surface area contributed by atoms with Gasteiger partial charge in [-0.3, -0.25) is 4.79 Å². The van der Waals surface area contributed by atoms with Crippen molar-refractivity contribution in [2.45, 2.75) is 19.8 Å². The molecule has 1 heterocycles. The van der Waals surface area contributed by atoms with E-state index in [0.29, 0.717) is 18.1 Å². The molecule has 5 rings (SSSR count). The largest absolute Gasteiger partial charge is 0.457 e. The molecule has 0 radical (unpaired) electrons. The van der Waals surface area contributed by atoms with Crippen molar-refractivity contribution in [1.82, 2.24) is 0 Å². The van der Waals surface area contributed by atoms with E-state index < -0.39 is 5.97 Å². The average molecular weight is 521 g/mol. The Morgan fingerprint density at radius 1 is 0.615 bits per heavy atom. The van der Waals surface area contributed by atoms with E-state index >= 15 is 0 Å². The highest BCUT2D eigenvalue weighted by atomic mass is 16.9. The Hall–Kier alpha value is -4.81. The van der Waals surface area contributed by atoms with E-state index in [2.05, 4.69) is 0 Å². The first-order chi connectivity index (χ1) is 19.0. The maximum atomic E-state index is 13.4. The third-order valence-corrected chi connectivity index (χ3v) is 5.76. The molecular formula is C33H28O6. The summed E-state index contributed by atoms with van der Waals surface area (Å²) in [6.07, 6.45) is 3.33. The van der Waals surface area contributed by atoms with Gasteiger partial charge in [0.05, 0.1) is 6.61 Å². The summed E-state index contributed by atoms with van der Waals surface area (Å²) < 4.78 is 29.2. The summed E-state index contributed by atoms with van der Waals surface area (Å²) in [5.74, 6) is 1.24. The lowest BCUT2D eigenvalue weighted by Crippen LogP contribution is -2.42. The van der Waals surface area contributed by atoms with E-state index in [1.54, 1.807) is 19.1 Å². The van der Waals surface area contributed by atoms with Crippen molar-refractivity contribution in [2.75, 3.05) is 6.61 Å². The topological polar surface area (TPSA) is 63.2 Å². The van der Waals surface area contributed by atoms with Crippen LogP contribution < -0.4 is 9.47 Å². The number of Topliss-reactive ketones (excluding diaryl/α,β-unsaturated/α-hetero) is 1. The number of rotatable bonds is 8. The van der Waals surface area contributed by atoms with Crippen LogP contribution in [0.2, 0.25) is 0 Å². The molecule has 0 aliphatic carbocycles. The van der Waals surface area contributed by atoms with E-state index in [1.165, 1.54) is 0 Å². The summed E-state index contributed by atoms with van der Waals surface area (Å²) in [6, 6.07) is 33.8. The van der Waals surface area contributed by atoms with Gasteiger partial charge in [-0.15, -0.1) is 0 Å². The van der Waals surface area contributed by atoms with Crippen LogP contribution in [0.3, 0.4) is 0 Å². The molecular weight excluding hydrogens is 492 g/mol. The Balaban J connectivity index is 1.36. The fourth-order valence-electron chi connectivity index (χ4n) is 3.96. The third-order valence-electron chi connectivity index (χ3n) is 5.76. The number of carbonyl (C=O) groups is 1. The minimum atomic E-state index is -1.45. The highest BCUT2D eigenvalue weighted by Gasteiger charge is 2.41. The van der Waals surface area contributed by atoms with E-state index in [9.17, 15) is 4.79 Å². The van der Waals surface area contributed by atoms with E-state index in [-0.39, 0.29) is 17.3 Å². The number of ketones is 1. The molecule has 4 aromatic carbocycles. The summed E-state index contributed by atoms with van der Waals surface area (Å²) in [7, 11) is 0. The Bertz CT molecular complexity index is 1350. The zero-order chi connectivity index (χ0) is 27.1. The quantitative estimate of drug-likeness (QED) is 0.220. The molecule has 1 saturated heterocycles. The monoisotopic (exact) mass is 520 g/mol. The fraction of sp³-hybridized carbons (Fsp3) is 0.121. The molecule has 0 N–H and O–H groups in total. The summed E-state index contributed by atoms with van der Waals surface area (Å²) in [4.78, 5) is 13.4. The maximum absolute atomic E-state index is 13.4. The fourth-order valence-corrected chi connectivity index (χ4v) is 3.96. The smallest absolute Gasteiger partial charge is 0.368 e. The first kappa shape index (κ1) is 25.8. The number of hydrogen-bond acceptors (Lipinski definition) is 6. The van der Waals surface area contributed by atoms with Crippen LogP contribution >= 0.6 is 0 Å². The van der Waals surface area contributed by atoms with E-state index in [1.807, 2.05) is 116 Å². The van der Waals surface area contributed by atoms with Crippen LogP contribution in [0.25, 0.3) is 12.2 Å². The molecule has 6 nitrogen and oxygen atoms in total. The number of para-hydroxylation sites is 2. The molecule has 6 heteroatoms. The highest BCUT2D eigenvalue weighted by molar-refractivity contribution is 6.11. The molecule has 0 aromatic heterocycles. The van der Waals surface area contributed by atoms with Crippen molar-refractivity contribution in [3.63, 3.8) is 0 Å². The molecule has 0 saturated carbocycles. The molecule has 1 aliphatic heterocycles. The molecule has 1 fully saturated rings. The van der Waals surface area contributed by atoms with Crippen LogP contribution in [0, 0.1) is 0 Å². The van der Waals surface area contributed by atoms with Crippen molar-refractivity contribution in [2.24, 2.45) is 0 Å². The second kappa shape index (κ2) is 11.7. The molecule has 0 atom stereocenters. The van der Waals surface area contributed by atoms with Gasteiger partial charge in [-0.2, -0.15) is 0 Å². The van der Waals surface area contributed by atoms with Crippen LogP contribution in [-0.4, -0.2) is 18.4 Å². The second-order valence-corrected chi connectivity index (χ2v) is 8.81. The molecule has 1 aliphatic rings. The number of hydrogen-bond donors (Lipinski definition) is 0. The second-order valence-electron chi connectivity index (χ2n) is 8.81.